The highest BCUT2D eigenvalue weighted by molar-refractivity contribution is 5.45. The minimum atomic E-state index is -0.531. The van der Waals surface area contributed by atoms with Crippen LogP contribution in [0.5, 0.6) is 5.75 Å². The van der Waals surface area contributed by atoms with Crippen LogP contribution in [0, 0.1) is 12.8 Å². The van der Waals surface area contributed by atoms with Crippen LogP contribution in [0.2, 0.25) is 0 Å². The van der Waals surface area contributed by atoms with Crippen LogP contribution >= 0.6 is 0 Å². The second kappa shape index (κ2) is 2.70. The number of hydrogen-bond donors (Lipinski definition) is 2. The molecule has 0 saturated carbocycles. The summed E-state index contributed by atoms with van der Waals surface area (Å²) in [6, 6.07) is 0. The zero-order valence-corrected chi connectivity index (χ0v) is 7.78. The fourth-order valence-electron chi connectivity index (χ4n) is 1.89. The summed E-state index contributed by atoms with van der Waals surface area (Å²) in [4.78, 5) is 4.06. The topological polar surface area (TPSA) is 53.4 Å². The highest BCUT2D eigenvalue weighted by Crippen LogP contribution is 2.41. The molecule has 1 aliphatic rings. The normalized spacial score (nSPS) is 26.1. The molecule has 1 aromatic heterocycles. The lowest BCUT2D eigenvalue weighted by molar-refractivity contribution is 0.130. The Balaban J connectivity index is 2.59. The third kappa shape index (κ3) is 1.11. The average Bonchev–Trinajstić information content (AvgIpc) is 2.37. The van der Waals surface area contributed by atoms with Gasteiger partial charge >= 0.3 is 0 Å². The number of rotatable bonds is 0. The monoisotopic (exact) mass is 179 g/mol. The maximum atomic E-state index is 9.77. The first-order valence-corrected chi connectivity index (χ1v) is 4.46. The van der Waals surface area contributed by atoms with E-state index in [4.69, 9.17) is 0 Å². The molecule has 0 saturated heterocycles. The van der Waals surface area contributed by atoms with E-state index in [1.807, 2.05) is 6.92 Å². The zero-order valence-electron chi connectivity index (χ0n) is 7.78. The fourth-order valence-corrected chi connectivity index (χ4v) is 1.89. The van der Waals surface area contributed by atoms with Crippen LogP contribution in [0.15, 0.2) is 6.20 Å². The van der Waals surface area contributed by atoms with E-state index in [9.17, 15) is 10.2 Å². The molecule has 3 nitrogen and oxygen atoms in total. The van der Waals surface area contributed by atoms with Crippen molar-refractivity contribution in [2.75, 3.05) is 0 Å². The molecule has 1 unspecified atom stereocenters. The number of fused-ring (bicyclic) bond motifs is 1. The second-order valence-corrected chi connectivity index (χ2v) is 3.76. The molecule has 0 aliphatic heterocycles. The molecule has 0 aromatic carbocycles. The van der Waals surface area contributed by atoms with Gasteiger partial charge in [0.15, 0.2) is 0 Å². The van der Waals surface area contributed by atoms with Gasteiger partial charge in [0.05, 0.1) is 11.8 Å². The van der Waals surface area contributed by atoms with E-state index in [1.165, 1.54) is 0 Å². The Hall–Kier alpha value is -1.09. The van der Waals surface area contributed by atoms with E-state index < -0.39 is 6.10 Å². The van der Waals surface area contributed by atoms with Crippen LogP contribution in [0.4, 0.5) is 0 Å². The third-order valence-electron chi connectivity index (χ3n) is 2.73. The molecular formula is C10H13NO2. The molecule has 1 aromatic rings. The first-order valence-electron chi connectivity index (χ1n) is 4.46. The summed E-state index contributed by atoms with van der Waals surface area (Å²) in [7, 11) is 0. The molecule has 2 atom stereocenters. The van der Waals surface area contributed by atoms with Crippen molar-refractivity contribution in [3.63, 3.8) is 0 Å². The molecule has 2 rings (SSSR count). The predicted octanol–water partition coefficient (Wildman–Crippen LogP) is 1.32. The van der Waals surface area contributed by atoms with Gasteiger partial charge in [0.2, 0.25) is 0 Å². The van der Waals surface area contributed by atoms with Crippen molar-refractivity contribution in [1.82, 2.24) is 4.98 Å². The number of aromatic nitrogens is 1. The molecule has 2 N–H and O–H groups in total. The fraction of sp³-hybridized carbons (Fsp3) is 0.500. The Labute approximate surface area is 77.1 Å². The first-order chi connectivity index (χ1) is 6.11. The van der Waals surface area contributed by atoms with Crippen LogP contribution in [0.25, 0.3) is 0 Å². The summed E-state index contributed by atoms with van der Waals surface area (Å²) in [6.07, 6.45) is 2.02. The Kier molecular flexibility index (Phi) is 1.77. The lowest BCUT2D eigenvalue weighted by Crippen LogP contribution is -2.01. The highest BCUT2D eigenvalue weighted by atomic mass is 16.3. The van der Waals surface area contributed by atoms with E-state index in [0.717, 1.165) is 12.0 Å². The standard InChI is InChI=1S/C10H13NO2/c1-5-3-7-4-11-6(2)10(13)8(7)9(5)12/h4-5,9,12-13H,3H2,1-2H3/t5?,9-/m1/s1. The van der Waals surface area contributed by atoms with E-state index in [2.05, 4.69) is 4.98 Å². The van der Waals surface area contributed by atoms with Gasteiger partial charge in [0.1, 0.15) is 5.75 Å². The van der Waals surface area contributed by atoms with Gasteiger partial charge < -0.3 is 10.2 Å². The molecule has 13 heavy (non-hydrogen) atoms. The Morgan fingerprint density at radius 1 is 1.54 bits per heavy atom. The maximum absolute atomic E-state index is 9.77. The molecule has 0 amide bonds. The minimum absolute atomic E-state index is 0.161. The third-order valence-corrected chi connectivity index (χ3v) is 2.73. The maximum Gasteiger partial charge on any atom is 0.142 e. The van der Waals surface area contributed by atoms with E-state index in [-0.39, 0.29) is 11.7 Å². The van der Waals surface area contributed by atoms with Crippen molar-refractivity contribution < 1.29 is 10.2 Å². The quantitative estimate of drug-likeness (QED) is 0.631. The van der Waals surface area contributed by atoms with Crippen molar-refractivity contribution in [1.29, 1.82) is 0 Å². The number of aryl methyl sites for hydroxylation is 1. The van der Waals surface area contributed by atoms with Gasteiger partial charge in [0.25, 0.3) is 0 Å². The van der Waals surface area contributed by atoms with Gasteiger partial charge in [-0.05, 0) is 24.8 Å². The predicted molar refractivity (Wildman–Crippen MR) is 48.5 cm³/mol. The van der Waals surface area contributed by atoms with Crippen molar-refractivity contribution >= 4 is 0 Å². The number of aliphatic hydroxyl groups excluding tert-OH is 1. The van der Waals surface area contributed by atoms with Gasteiger partial charge in [-0.1, -0.05) is 6.92 Å². The molecule has 0 fully saturated rings. The lowest BCUT2D eigenvalue weighted by atomic mass is 10.1. The van der Waals surface area contributed by atoms with Gasteiger partial charge in [-0.15, -0.1) is 0 Å². The average molecular weight is 179 g/mol. The van der Waals surface area contributed by atoms with Gasteiger partial charge in [-0.2, -0.15) is 0 Å². The molecule has 3 heteroatoms. The van der Waals surface area contributed by atoms with Crippen LogP contribution in [-0.4, -0.2) is 15.2 Å². The zero-order chi connectivity index (χ0) is 9.59. The van der Waals surface area contributed by atoms with Crippen LogP contribution in [-0.2, 0) is 6.42 Å². The van der Waals surface area contributed by atoms with Crippen molar-refractivity contribution in [3.05, 3.63) is 23.0 Å². The van der Waals surface area contributed by atoms with Crippen LogP contribution < -0.4 is 0 Å². The van der Waals surface area contributed by atoms with Gasteiger partial charge in [0, 0.05) is 11.8 Å². The number of hydrogen-bond acceptors (Lipinski definition) is 3. The van der Waals surface area contributed by atoms with E-state index in [0.29, 0.717) is 11.3 Å². The minimum Gasteiger partial charge on any atom is -0.506 e. The smallest absolute Gasteiger partial charge is 0.142 e. The summed E-state index contributed by atoms with van der Waals surface area (Å²) in [5, 5.41) is 19.5. The molecule has 0 bridgehead atoms. The Morgan fingerprint density at radius 2 is 2.23 bits per heavy atom. The van der Waals surface area contributed by atoms with E-state index in [1.54, 1.807) is 13.1 Å². The Bertz CT molecular complexity index is 349. The van der Waals surface area contributed by atoms with Crippen LogP contribution in [0.1, 0.15) is 29.8 Å². The summed E-state index contributed by atoms with van der Waals surface area (Å²) >= 11 is 0. The molecule has 0 spiro atoms. The number of aliphatic hydroxyl groups is 1. The molecule has 0 radical (unpaired) electrons. The summed E-state index contributed by atoms with van der Waals surface area (Å²) < 4.78 is 0. The second-order valence-electron chi connectivity index (χ2n) is 3.76. The lowest BCUT2D eigenvalue weighted by Gasteiger charge is -2.10. The van der Waals surface area contributed by atoms with Gasteiger partial charge in [-0.25, -0.2) is 0 Å². The Morgan fingerprint density at radius 3 is 2.92 bits per heavy atom. The summed E-state index contributed by atoms with van der Waals surface area (Å²) in [6.45, 7) is 3.71. The van der Waals surface area contributed by atoms with Gasteiger partial charge in [-0.3, -0.25) is 4.98 Å². The molecule has 1 aliphatic carbocycles. The highest BCUT2D eigenvalue weighted by Gasteiger charge is 2.31. The summed E-state index contributed by atoms with van der Waals surface area (Å²) in [5.41, 5.74) is 2.25. The molecule has 70 valence electrons. The molecule has 1 heterocycles. The van der Waals surface area contributed by atoms with Crippen molar-refractivity contribution in [2.45, 2.75) is 26.4 Å². The van der Waals surface area contributed by atoms with Crippen molar-refractivity contribution in [2.24, 2.45) is 5.92 Å². The number of nitrogens with zero attached hydrogens (tertiary/aromatic N) is 1. The SMILES string of the molecule is Cc1ncc2c(c1O)[C@H](O)C(C)C2. The van der Waals surface area contributed by atoms with Crippen molar-refractivity contribution in [3.8, 4) is 5.75 Å². The number of pyridine rings is 1. The first kappa shape index (κ1) is 8.51. The summed E-state index contributed by atoms with van der Waals surface area (Å²) in [5.74, 6) is 0.346. The number of aromatic hydroxyl groups is 1. The van der Waals surface area contributed by atoms with Crippen LogP contribution in [0.3, 0.4) is 0 Å². The van der Waals surface area contributed by atoms with E-state index >= 15 is 0 Å². The largest absolute Gasteiger partial charge is 0.506 e. The molecular weight excluding hydrogens is 166 g/mol.